The zero-order valence-corrected chi connectivity index (χ0v) is 17.1. The smallest absolute Gasteiger partial charge is 0.259 e. The Hall–Kier alpha value is -3.00. The molecule has 0 bridgehead atoms. The zero-order chi connectivity index (χ0) is 20.8. The molecule has 0 fully saturated rings. The highest BCUT2D eigenvalue weighted by Crippen LogP contribution is 2.23. The molecule has 0 aliphatic carbocycles. The number of carbonyl (C=O) groups is 2. The molecule has 0 aromatic carbocycles. The van der Waals surface area contributed by atoms with Gasteiger partial charge in [0.1, 0.15) is 5.56 Å². The Kier molecular flexibility index (Phi) is 6.77. The molecule has 0 radical (unpaired) electrons. The number of carbonyl (C=O) groups excluding carboxylic acids is 2. The number of nitrogens with one attached hydrogen (secondary N) is 1. The zero-order valence-electron chi connectivity index (χ0n) is 17.1. The highest BCUT2D eigenvalue weighted by atomic mass is 16.5. The second kappa shape index (κ2) is 9.47. The number of hydrogen-bond donors (Lipinski definition) is 1. The second-order valence-corrected chi connectivity index (χ2v) is 7.23. The van der Waals surface area contributed by atoms with Crippen LogP contribution in [0.5, 0.6) is 5.88 Å². The van der Waals surface area contributed by atoms with Crippen molar-refractivity contribution in [2.75, 3.05) is 33.8 Å². The number of ether oxygens (including phenoxy) is 1. The van der Waals surface area contributed by atoms with Crippen molar-refractivity contribution in [3.05, 3.63) is 53.0 Å². The monoisotopic (exact) mass is 397 g/mol. The van der Waals surface area contributed by atoms with Crippen molar-refractivity contribution in [2.45, 2.75) is 26.4 Å². The first-order chi connectivity index (χ1) is 14.0. The summed E-state index contributed by atoms with van der Waals surface area (Å²) in [4.78, 5) is 37.2. The molecule has 0 atom stereocenters. The van der Waals surface area contributed by atoms with Crippen molar-refractivity contribution >= 4 is 11.8 Å². The summed E-state index contributed by atoms with van der Waals surface area (Å²) in [6.45, 7) is 4.14. The lowest BCUT2D eigenvalue weighted by molar-refractivity contribution is -0.121. The van der Waals surface area contributed by atoms with Crippen molar-refractivity contribution in [3.8, 4) is 5.88 Å². The number of likely N-dealkylation sites (N-methyl/N-ethyl adjacent to an activating group) is 1. The lowest BCUT2D eigenvalue weighted by atomic mass is 10.0. The normalized spacial score (nSPS) is 13.2. The summed E-state index contributed by atoms with van der Waals surface area (Å²) < 4.78 is 5.50. The van der Waals surface area contributed by atoms with Gasteiger partial charge in [-0.2, -0.15) is 0 Å². The van der Waals surface area contributed by atoms with Gasteiger partial charge in [0.2, 0.25) is 11.8 Å². The maximum atomic E-state index is 13.0. The van der Waals surface area contributed by atoms with Gasteiger partial charge in [-0.05, 0) is 50.3 Å². The third-order valence-electron chi connectivity index (χ3n) is 4.62. The molecule has 0 saturated heterocycles. The lowest BCUT2D eigenvalue weighted by Crippen LogP contribution is -2.37. The molecule has 29 heavy (non-hydrogen) atoms. The van der Waals surface area contributed by atoms with Gasteiger partial charge in [-0.1, -0.05) is 0 Å². The Balaban J connectivity index is 1.70. The number of nitrogens with zero attached hydrogens (tertiary/aromatic N) is 4. The number of amides is 2. The van der Waals surface area contributed by atoms with Gasteiger partial charge in [-0.15, -0.1) is 0 Å². The van der Waals surface area contributed by atoms with Crippen LogP contribution < -0.4 is 10.1 Å². The molecule has 0 saturated carbocycles. The van der Waals surface area contributed by atoms with Crippen molar-refractivity contribution in [3.63, 3.8) is 0 Å². The van der Waals surface area contributed by atoms with Crippen LogP contribution in [-0.2, 0) is 24.3 Å². The minimum Gasteiger partial charge on any atom is -0.477 e. The predicted octanol–water partition coefficient (Wildman–Crippen LogP) is 1.25. The molecule has 0 unspecified atom stereocenters. The van der Waals surface area contributed by atoms with Crippen LogP contribution in [0.2, 0.25) is 0 Å². The van der Waals surface area contributed by atoms with E-state index in [-0.39, 0.29) is 11.8 Å². The van der Waals surface area contributed by atoms with Crippen molar-refractivity contribution in [1.29, 1.82) is 0 Å². The first-order valence-corrected chi connectivity index (χ1v) is 9.73. The molecule has 8 heteroatoms. The third kappa shape index (κ3) is 5.29. The molecular formula is C21H27N5O3. The fourth-order valence-electron chi connectivity index (χ4n) is 3.27. The topological polar surface area (TPSA) is 87.7 Å². The number of hydrogen-bond acceptors (Lipinski definition) is 6. The Morgan fingerprint density at radius 3 is 2.90 bits per heavy atom. The van der Waals surface area contributed by atoms with E-state index in [0.29, 0.717) is 50.7 Å². The average Bonchev–Trinajstić information content (AvgIpc) is 2.71. The quantitative estimate of drug-likeness (QED) is 0.757. The van der Waals surface area contributed by atoms with Gasteiger partial charge in [0.05, 0.1) is 13.2 Å². The maximum Gasteiger partial charge on any atom is 0.259 e. The number of rotatable bonds is 7. The number of fused-ring (bicyclic) bond motifs is 1. The minimum absolute atomic E-state index is 0.0374. The van der Waals surface area contributed by atoms with Crippen molar-refractivity contribution < 1.29 is 14.3 Å². The van der Waals surface area contributed by atoms with Crippen LogP contribution in [0, 0.1) is 0 Å². The molecule has 1 N–H and O–H groups in total. The maximum absolute atomic E-state index is 13.0. The van der Waals surface area contributed by atoms with Gasteiger partial charge in [0.25, 0.3) is 5.91 Å². The standard InChI is InChI=1S/C21H27N5O3/c1-4-29-20-17(6-5-8-22-20)21(28)26-9-7-18-16(13-26)10-15(11-23-18)12-24-19(27)14-25(2)3/h5-6,8,10-11H,4,7,9,12-14H2,1-3H3,(H,24,27). The van der Waals surface area contributed by atoms with Gasteiger partial charge < -0.3 is 19.9 Å². The van der Waals surface area contributed by atoms with E-state index in [1.54, 1.807) is 29.4 Å². The fourth-order valence-corrected chi connectivity index (χ4v) is 3.27. The molecule has 2 aromatic rings. The average molecular weight is 397 g/mol. The van der Waals surface area contributed by atoms with Gasteiger partial charge in [0, 0.05) is 44.1 Å². The number of aromatic nitrogens is 2. The first-order valence-electron chi connectivity index (χ1n) is 9.73. The van der Waals surface area contributed by atoms with Crippen molar-refractivity contribution in [1.82, 2.24) is 25.1 Å². The highest BCUT2D eigenvalue weighted by Gasteiger charge is 2.25. The van der Waals surface area contributed by atoms with Crippen LogP contribution >= 0.6 is 0 Å². The van der Waals surface area contributed by atoms with E-state index >= 15 is 0 Å². The largest absolute Gasteiger partial charge is 0.477 e. The van der Waals surface area contributed by atoms with E-state index in [9.17, 15) is 9.59 Å². The Morgan fingerprint density at radius 1 is 1.31 bits per heavy atom. The SMILES string of the molecule is CCOc1ncccc1C(=O)N1CCc2ncc(CNC(=O)CN(C)C)cc2C1. The molecular weight excluding hydrogens is 370 g/mol. The van der Waals surface area contributed by atoms with E-state index in [1.807, 2.05) is 32.0 Å². The van der Waals surface area contributed by atoms with Gasteiger partial charge in [0.15, 0.2) is 0 Å². The highest BCUT2D eigenvalue weighted by molar-refractivity contribution is 5.96. The van der Waals surface area contributed by atoms with E-state index < -0.39 is 0 Å². The lowest BCUT2D eigenvalue weighted by Gasteiger charge is -2.29. The first kappa shape index (κ1) is 20.7. The molecule has 2 amide bonds. The third-order valence-corrected chi connectivity index (χ3v) is 4.62. The molecule has 154 valence electrons. The van der Waals surface area contributed by atoms with Crippen LogP contribution in [0.4, 0.5) is 0 Å². The fraction of sp³-hybridized carbons (Fsp3) is 0.429. The summed E-state index contributed by atoms with van der Waals surface area (Å²) in [6, 6.07) is 5.50. The summed E-state index contributed by atoms with van der Waals surface area (Å²) in [5, 5.41) is 2.89. The Morgan fingerprint density at radius 2 is 2.14 bits per heavy atom. The molecule has 1 aliphatic heterocycles. The summed E-state index contributed by atoms with van der Waals surface area (Å²) >= 11 is 0. The summed E-state index contributed by atoms with van der Waals surface area (Å²) in [6.07, 6.45) is 4.10. The molecule has 2 aromatic heterocycles. The summed E-state index contributed by atoms with van der Waals surface area (Å²) in [7, 11) is 3.70. The molecule has 3 rings (SSSR count). The van der Waals surface area contributed by atoms with Crippen LogP contribution in [0.1, 0.15) is 34.1 Å². The number of pyridine rings is 2. The van der Waals surface area contributed by atoms with Crippen LogP contribution in [0.25, 0.3) is 0 Å². The van der Waals surface area contributed by atoms with Crippen LogP contribution in [-0.4, -0.2) is 65.4 Å². The van der Waals surface area contributed by atoms with Crippen LogP contribution in [0.15, 0.2) is 30.6 Å². The predicted molar refractivity (Wildman–Crippen MR) is 108 cm³/mol. The summed E-state index contributed by atoms with van der Waals surface area (Å²) in [5.74, 6) is 0.225. The molecule has 1 aliphatic rings. The molecule has 3 heterocycles. The Labute approximate surface area is 170 Å². The van der Waals surface area contributed by atoms with Gasteiger partial charge in [-0.3, -0.25) is 14.6 Å². The molecule has 0 spiro atoms. The van der Waals surface area contributed by atoms with Gasteiger partial charge in [-0.25, -0.2) is 4.98 Å². The summed E-state index contributed by atoms with van der Waals surface area (Å²) in [5.41, 5.74) is 3.39. The van der Waals surface area contributed by atoms with E-state index in [2.05, 4.69) is 15.3 Å². The van der Waals surface area contributed by atoms with Crippen LogP contribution in [0.3, 0.4) is 0 Å². The van der Waals surface area contributed by atoms with E-state index in [4.69, 9.17) is 4.74 Å². The van der Waals surface area contributed by atoms with Crippen molar-refractivity contribution in [2.24, 2.45) is 0 Å². The molecule has 8 nitrogen and oxygen atoms in total. The van der Waals surface area contributed by atoms with E-state index in [0.717, 1.165) is 16.8 Å². The second-order valence-electron chi connectivity index (χ2n) is 7.23. The Bertz CT molecular complexity index is 884. The van der Waals surface area contributed by atoms with E-state index in [1.165, 1.54) is 0 Å². The minimum atomic E-state index is -0.100. The van der Waals surface area contributed by atoms with Gasteiger partial charge >= 0.3 is 0 Å².